The fourth-order valence-electron chi connectivity index (χ4n) is 1.78. The summed E-state index contributed by atoms with van der Waals surface area (Å²) in [5, 5.41) is 6.19. The zero-order valence-electron chi connectivity index (χ0n) is 13.0. The fourth-order valence-corrected chi connectivity index (χ4v) is 3.02. The van der Waals surface area contributed by atoms with Gasteiger partial charge < -0.3 is 9.47 Å². The first-order valence-electron chi connectivity index (χ1n) is 6.96. The first-order chi connectivity index (χ1) is 11.5. The van der Waals surface area contributed by atoms with Crippen molar-refractivity contribution in [3.8, 4) is 5.75 Å². The minimum Gasteiger partial charge on any atom is -0.496 e. The van der Waals surface area contributed by atoms with Crippen molar-refractivity contribution in [3.05, 3.63) is 39.1 Å². The number of benzene rings is 1. The lowest BCUT2D eigenvalue weighted by Crippen LogP contribution is -2.07. The van der Waals surface area contributed by atoms with Crippen molar-refractivity contribution in [1.29, 1.82) is 0 Å². The number of rotatable bonds is 7. The van der Waals surface area contributed by atoms with Gasteiger partial charge in [-0.1, -0.05) is 0 Å². The minimum atomic E-state index is -0.435. The van der Waals surface area contributed by atoms with Gasteiger partial charge >= 0.3 is 5.97 Å². The number of thiazole rings is 1. The van der Waals surface area contributed by atoms with E-state index >= 15 is 0 Å². The van der Waals surface area contributed by atoms with Gasteiger partial charge in [-0.2, -0.15) is 5.10 Å². The number of nitrogens with zero attached hydrogens (tertiary/aromatic N) is 2. The molecule has 0 atom stereocenters. The van der Waals surface area contributed by atoms with Gasteiger partial charge in [-0.15, -0.1) is 11.3 Å². The van der Waals surface area contributed by atoms with Crippen LogP contribution in [0.1, 0.15) is 18.2 Å². The number of hydrogen-bond donors (Lipinski definition) is 1. The summed E-state index contributed by atoms with van der Waals surface area (Å²) < 4.78 is 24.3. The number of halogens is 2. The van der Waals surface area contributed by atoms with Crippen molar-refractivity contribution >= 4 is 44.6 Å². The van der Waals surface area contributed by atoms with Crippen LogP contribution in [0.2, 0.25) is 0 Å². The SMILES string of the molecule is CCOC(=O)Cc1csc(NN=Cc2c(F)ccc(OC)c2Br)n1. The smallest absolute Gasteiger partial charge is 0.311 e. The van der Waals surface area contributed by atoms with Gasteiger partial charge in [0, 0.05) is 10.9 Å². The van der Waals surface area contributed by atoms with Crippen LogP contribution in [0.3, 0.4) is 0 Å². The third-order valence-electron chi connectivity index (χ3n) is 2.85. The standard InChI is InChI=1S/C15H15BrFN3O3S/c1-3-23-13(21)6-9-8-24-15(19-9)20-18-7-10-11(17)4-5-12(22-2)14(10)16/h4-5,7-8H,3,6H2,1-2H3,(H,19,20). The summed E-state index contributed by atoms with van der Waals surface area (Å²) in [7, 11) is 1.50. The molecule has 24 heavy (non-hydrogen) atoms. The van der Waals surface area contributed by atoms with Crippen LogP contribution < -0.4 is 10.2 Å². The molecule has 1 heterocycles. The highest BCUT2D eigenvalue weighted by molar-refractivity contribution is 9.10. The number of esters is 1. The highest BCUT2D eigenvalue weighted by Gasteiger charge is 2.11. The lowest BCUT2D eigenvalue weighted by Gasteiger charge is -2.06. The molecule has 1 aromatic carbocycles. The molecule has 0 saturated heterocycles. The topological polar surface area (TPSA) is 72.8 Å². The number of methoxy groups -OCH3 is 1. The van der Waals surface area contributed by atoms with Gasteiger partial charge in [-0.25, -0.2) is 9.37 Å². The summed E-state index contributed by atoms with van der Waals surface area (Å²) in [5.41, 5.74) is 3.55. The van der Waals surface area contributed by atoms with Crippen molar-refractivity contribution in [2.24, 2.45) is 5.10 Å². The Morgan fingerprint density at radius 3 is 3.04 bits per heavy atom. The van der Waals surface area contributed by atoms with Gasteiger partial charge in [0.15, 0.2) is 0 Å². The summed E-state index contributed by atoms with van der Waals surface area (Å²) in [6.07, 6.45) is 1.43. The van der Waals surface area contributed by atoms with Crippen LogP contribution in [0, 0.1) is 5.82 Å². The van der Waals surface area contributed by atoms with Gasteiger partial charge in [0.25, 0.3) is 0 Å². The van der Waals surface area contributed by atoms with Gasteiger partial charge in [-0.3, -0.25) is 10.2 Å². The van der Waals surface area contributed by atoms with E-state index in [-0.39, 0.29) is 18.0 Å². The Balaban J connectivity index is 2.02. The van der Waals surface area contributed by atoms with E-state index in [1.165, 1.54) is 36.8 Å². The van der Waals surface area contributed by atoms with Crippen molar-refractivity contribution in [2.75, 3.05) is 19.1 Å². The highest BCUT2D eigenvalue weighted by atomic mass is 79.9. The molecule has 2 aromatic rings. The molecule has 0 amide bonds. The van der Waals surface area contributed by atoms with E-state index < -0.39 is 5.82 Å². The van der Waals surface area contributed by atoms with Gasteiger partial charge in [-0.05, 0) is 35.0 Å². The maximum Gasteiger partial charge on any atom is 0.311 e. The molecule has 1 aromatic heterocycles. The largest absolute Gasteiger partial charge is 0.496 e. The molecular formula is C15H15BrFN3O3S. The van der Waals surface area contributed by atoms with E-state index in [9.17, 15) is 9.18 Å². The first-order valence-corrected chi connectivity index (χ1v) is 8.63. The third kappa shape index (κ3) is 4.75. The molecule has 0 spiro atoms. The van der Waals surface area contributed by atoms with E-state index in [0.717, 1.165) is 0 Å². The van der Waals surface area contributed by atoms with Gasteiger partial charge in [0.1, 0.15) is 11.6 Å². The molecule has 0 saturated carbocycles. The fraction of sp³-hybridized carbons (Fsp3) is 0.267. The average Bonchev–Trinajstić information content (AvgIpc) is 2.98. The van der Waals surface area contributed by atoms with Crippen LogP contribution >= 0.6 is 27.3 Å². The molecule has 0 bridgehead atoms. The van der Waals surface area contributed by atoms with Crippen LogP contribution in [-0.4, -0.2) is 30.9 Å². The van der Waals surface area contributed by atoms with Crippen LogP contribution in [-0.2, 0) is 16.0 Å². The number of aromatic nitrogens is 1. The number of carbonyl (C=O) groups is 1. The van der Waals surface area contributed by atoms with Gasteiger partial charge in [0.05, 0.1) is 36.5 Å². The van der Waals surface area contributed by atoms with E-state index in [2.05, 4.69) is 31.4 Å². The second kappa shape index (κ2) is 8.74. The quantitative estimate of drug-likeness (QED) is 0.424. The predicted octanol–water partition coefficient (Wildman–Crippen LogP) is 3.60. The van der Waals surface area contributed by atoms with Gasteiger partial charge in [0.2, 0.25) is 5.13 Å². The number of hydrogen-bond acceptors (Lipinski definition) is 7. The molecule has 128 valence electrons. The van der Waals surface area contributed by atoms with Crippen molar-refractivity contribution in [3.63, 3.8) is 0 Å². The maximum atomic E-state index is 13.8. The van der Waals surface area contributed by atoms with E-state index in [1.54, 1.807) is 12.3 Å². The third-order valence-corrected chi connectivity index (χ3v) is 4.46. The van der Waals surface area contributed by atoms with Crippen LogP contribution in [0.5, 0.6) is 5.75 Å². The molecule has 0 unspecified atom stereocenters. The second-order valence-corrected chi connectivity index (χ2v) is 6.12. The summed E-state index contributed by atoms with van der Waals surface area (Å²) in [6.45, 7) is 2.08. The summed E-state index contributed by atoms with van der Waals surface area (Å²) in [4.78, 5) is 15.6. The Kier molecular flexibility index (Phi) is 6.68. The Bertz CT molecular complexity index is 752. The molecule has 2 rings (SSSR count). The molecule has 0 aliphatic carbocycles. The zero-order valence-corrected chi connectivity index (χ0v) is 15.4. The zero-order chi connectivity index (χ0) is 17.5. The average molecular weight is 416 g/mol. The minimum absolute atomic E-state index is 0.103. The second-order valence-electron chi connectivity index (χ2n) is 4.47. The van der Waals surface area contributed by atoms with Crippen LogP contribution in [0.25, 0.3) is 0 Å². The summed E-state index contributed by atoms with van der Waals surface area (Å²) >= 11 is 4.56. The van der Waals surface area contributed by atoms with Crippen molar-refractivity contribution < 1.29 is 18.7 Å². The lowest BCUT2D eigenvalue weighted by atomic mass is 10.2. The number of carbonyl (C=O) groups excluding carboxylic acids is 1. The van der Waals surface area contributed by atoms with Crippen molar-refractivity contribution in [2.45, 2.75) is 13.3 Å². The Labute approximate surface area is 150 Å². The monoisotopic (exact) mass is 415 g/mol. The molecule has 9 heteroatoms. The lowest BCUT2D eigenvalue weighted by molar-refractivity contribution is -0.142. The normalized spacial score (nSPS) is 10.8. The van der Waals surface area contributed by atoms with Crippen molar-refractivity contribution in [1.82, 2.24) is 4.98 Å². The predicted molar refractivity (Wildman–Crippen MR) is 94.3 cm³/mol. The molecular weight excluding hydrogens is 401 g/mol. The number of anilines is 1. The molecule has 0 radical (unpaired) electrons. The van der Waals surface area contributed by atoms with Crippen LogP contribution in [0.15, 0.2) is 27.1 Å². The molecule has 0 aliphatic heterocycles. The Morgan fingerprint density at radius 2 is 2.33 bits per heavy atom. The van der Waals surface area contributed by atoms with Crippen LogP contribution in [0.4, 0.5) is 9.52 Å². The van der Waals surface area contributed by atoms with E-state index in [1.807, 2.05) is 0 Å². The van der Waals surface area contributed by atoms with E-state index in [0.29, 0.717) is 27.7 Å². The summed E-state index contributed by atoms with van der Waals surface area (Å²) in [5.74, 6) is -0.264. The molecule has 1 N–H and O–H groups in total. The number of nitrogens with one attached hydrogen (secondary N) is 1. The first kappa shape index (κ1) is 18.3. The Morgan fingerprint density at radius 1 is 1.54 bits per heavy atom. The number of hydrazone groups is 1. The highest BCUT2D eigenvalue weighted by Crippen LogP contribution is 2.29. The molecule has 6 nitrogen and oxygen atoms in total. The molecule has 0 aliphatic rings. The number of ether oxygens (including phenoxy) is 2. The summed E-state index contributed by atoms with van der Waals surface area (Å²) in [6, 6.07) is 2.82. The maximum absolute atomic E-state index is 13.8. The Hall–Kier alpha value is -2.00. The molecule has 0 fully saturated rings. The van der Waals surface area contributed by atoms with E-state index in [4.69, 9.17) is 9.47 Å².